The first-order chi connectivity index (χ1) is 8.86. The third-order valence-electron chi connectivity index (χ3n) is 3.44. The summed E-state index contributed by atoms with van der Waals surface area (Å²) < 4.78 is 29.0. The Labute approximate surface area is 126 Å². The number of rotatable bonds is 3. The summed E-state index contributed by atoms with van der Waals surface area (Å²) in [5.41, 5.74) is 0. The molecule has 0 radical (unpaired) electrons. The lowest BCUT2D eigenvalue weighted by Gasteiger charge is -2.27. The average molecular weight is 368 g/mol. The Morgan fingerprint density at radius 3 is 2.42 bits per heavy atom. The molecule has 0 aliphatic heterocycles. The molecule has 0 atom stereocenters. The first kappa shape index (κ1) is 15.1. The van der Waals surface area contributed by atoms with Gasteiger partial charge in [0.05, 0.1) is 15.5 Å². The molecular weight excluding hydrogens is 352 g/mol. The molecular formula is C13H16BrClO3S. The van der Waals surface area contributed by atoms with Gasteiger partial charge in [-0.2, -0.15) is 0 Å². The van der Waals surface area contributed by atoms with Gasteiger partial charge in [0.25, 0.3) is 9.05 Å². The highest BCUT2D eigenvalue weighted by atomic mass is 79.9. The molecule has 0 amide bonds. The molecule has 0 N–H and O–H groups in total. The smallest absolute Gasteiger partial charge is 0.261 e. The minimum absolute atomic E-state index is 0.0747. The predicted octanol–water partition coefficient (Wildman–Crippen LogP) is 4.33. The van der Waals surface area contributed by atoms with Crippen molar-refractivity contribution in [2.45, 2.75) is 43.6 Å². The Hall–Kier alpha value is -0.260. The Morgan fingerprint density at radius 1 is 1.26 bits per heavy atom. The zero-order chi connectivity index (χ0) is 14.0. The zero-order valence-corrected chi connectivity index (χ0v) is 13.8. The minimum Gasteiger partial charge on any atom is -0.489 e. The number of halogens is 2. The van der Waals surface area contributed by atoms with Gasteiger partial charge in [0.15, 0.2) is 0 Å². The van der Waals surface area contributed by atoms with Crippen LogP contribution in [0, 0.1) is 5.92 Å². The van der Waals surface area contributed by atoms with Gasteiger partial charge in [-0.15, -0.1) is 0 Å². The van der Waals surface area contributed by atoms with Gasteiger partial charge < -0.3 is 4.74 Å². The molecule has 106 valence electrons. The molecule has 1 aromatic rings. The van der Waals surface area contributed by atoms with Crippen molar-refractivity contribution in [1.82, 2.24) is 0 Å². The molecule has 1 saturated carbocycles. The van der Waals surface area contributed by atoms with Crippen molar-refractivity contribution < 1.29 is 13.2 Å². The monoisotopic (exact) mass is 366 g/mol. The van der Waals surface area contributed by atoms with Crippen LogP contribution in [0.3, 0.4) is 0 Å². The van der Waals surface area contributed by atoms with E-state index in [1.54, 1.807) is 6.07 Å². The third-order valence-corrected chi connectivity index (χ3v) is 5.41. The second-order valence-electron chi connectivity index (χ2n) is 5.03. The fraction of sp³-hybridized carbons (Fsp3) is 0.538. The lowest BCUT2D eigenvalue weighted by molar-refractivity contribution is 0.134. The highest BCUT2D eigenvalue weighted by Gasteiger charge is 2.21. The summed E-state index contributed by atoms with van der Waals surface area (Å²) in [5.74, 6) is 1.44. The number of benzene rings is 1. The molecule has 0 bridgehead atoms. The van der Waals surface area contributed by atoms with E-state index in [4.69, 9.17) is 15.4 Å². The highest BCUT2D eigenvalue weighted by Crippen LogP contribution is 2.33. The van der Waals surface area contributed by atoms with Crippen molar-refractivity contribution in [2.24, 2.45) is 5.92 Å². The molecule has 1 aromatic carbocycles. The zero-order valence-electron chi connectivity index (χ0n) is 10.6. The van der Waals surface area contributed by atoms with Crippen LogP contribution in [0.25, 0.3) is 0 Å². The normalized spacial score (nSPS) is 24.2. The maximum Gasteiger partial charge on any atom is 0.261 e. The number of hydrogen-bond donors (Lipinski definition) is 0. The summed E-state index contributed by atoms with van der Waals surface area (Å²) in [6, 6.07) is 4.59. The van der Waals surface area contributed by atoms with Crippen molar-refractivity contribution >= 4 is 35.7 Å². The molecule has 1 aliphatic rings. The second-order valence-corrected chi connectivity index (χ2v) is 8.45. The summed E-state index contributed by atoms with van der Waals surface area (Å²) in [5, 5.41) is 0. The molecule has 2 rings (SSSR count). The van der Waals surface area contributed by atoms with E-state index in [1.165, 1.54) is 25.0 Å². The second kappa shape index (κ2) is 6.02. The summed E-state index contributed by atoms with van der Waals surface area (Å²) in [4.78, 5) is 0.0747. The van der Waals surface area contributed by atoms with Crippen LogP contribution in [-0.2, 0) is 9.05 Å². The quantitative estimate of drug-likeness (QED) is 0.747. The Morgan fingerprint density at radius 2 is 1.89 bits per heavy atom. The minimum atomic E-state index is -3.70. The molecule has 6 heteroatoms. The van der Waals surface area contributed by atoms with Crippen molar-refractivity contribution in [1.29, 1.82) is 0 Å². The van der Waals surface area contributed by atoms with Crippen molar-refractivity contribution in [3.8, 4) is 5.75 Å². The van der Waals surface area contributed by atoms with E-state index in [-0.39, 0.29) is 11.0 Å². The Bertz CT molecular complexity index is 551. The van der Waals surface area contributed by atoms with Gasteiger partial charge in [-0.25, -0.2) is 8.42 Å². The van der Waals surface area contributed by atoms with E-state index >= 15 is 0 Å². The molecule has 0 spiro atoms. The Kier molecular flexibility index (Phi) is 4.79. The third kappa shape index (κ3) is 4.10. The van der Waals surface area contributed by atoms with E-state index in [1.807, 2.05) is 0 Å². The van der Waals surface area contributed by atoms with Crippen LogP contribution in [0.1, 0.15) is 32.6 Å². The van der Waals surface area contributed by atoms with Gasteiger partial charge in [0.1, 0.15) is 5.75 Å². The van der Waals surface area contributed by atoms with Gasteiger partial charge in [0.2, 0.25) is 0 Å². The van der Waals surface area contributed by atoms with Crippen molar-refractivity contribution in [3.05, 3.63) is 22.7 Å². The van der Waals surface area contributed by atoms with E-state index < -0.39 is 9.05 Å². The average Bonchev–Trinajstić information content (AvgIpc) is 2.33. The van der Waals surface area contributed by atoms with E-state index in [9.17, 15) is 8.42 Å². The molecule has 0 aromatic heterocycles. The van der Waals surface area contributed by atoms with Gasteiger partial charge in [0, 0.05) is 10.7 Å². The lowest BCUT2D eigenvalue weighted by Crippen LogP contribution is -2.23. The first-order valence-electron chi connectivity index (χ1n) is 6.27. The summed E-state index contributed by atoms with van der Waals surface area (Å²) in [6.45, 7) is 2.26. The fourth-order valence-corrected chi connectivity index (χ4v) is 3.66. The van der Waals surface area contributed by atoms with Crippen molar-refractivity contribution in [3.63, 3.8) is 0 Å². The molecule has 0 unspecified atom stereocenters. The van der Waals surface area contributed by atoms with Crippen LogP contribution in [0.4, 0.5) is 0 Å². The summed E-state index contributed by atoms with van der Waals surface area (Å²) in [7, 11) is 1.61. The molecule has 1 fully saturated rings. The van der Waals surface area contributed by atoms with Gasteiger partial charge in [-0.3, -0.25) is 0 Å². The molecule has 0 heterocycles. The number of hydrogen-bond acceptors (Lipinski definition) is 3. The van der Waals surface area contributed by atoms with Crippen LogP contribution in [0.5, 0.6) is 5.75 Å². The maximum atomic E-state index is 11.2. The van der Waals surface area contributed by atoms with Gasteiger partial charge in [-0.05, 0) is 65.7 Å². The van der Waals surface area contributed by atoms with Gasteiger partial charge in [-0.1, -0.05) is 6.92 Å². The van der Waals surface area contributed by atoms with Crippen LogP contribution >= 0.6 is 26.6 Å². The molecule has 0 saturated heterocycles. The van der Waals surface area contributed by atoms with E-state index in [0.29, 0.717) is 10.2 Å². The maximum absolute atomic E-state index is 11.2. The number of ether oxygens (including phenoxy) is 1. The summed E-state index contributed by atoms with van der Waals surface area (Å²) >= 11 is 3.33. The van der Waals surface area contributed by atoms with E-state index in [0.717, 1.165) is 18.8 Å². The molecule has 19 heavy (non-hydrogen) atoms. The largest absolute Gasteiger partial charge is 0.489 e. The summed E-state index contributed by atoms with van der Waals surface area (Å²) in [6.07, 6.45) is 4.66. The van der Waals surface area contributed by atoms with Crippen LogP contribution < -0.4 is 4.74 Å². The van der Waals surface area contributed by atoms with Gasteiger partial charge >= 0.3 is 0 Å². The fourth-order valence-electron chi connectivity index (χ4n) is 2.26. The van der Waals surface area contributed by atoms with Crippen LogP contribution in [0.15, 0.2) is 27.6 Å². The molecule has 3 nitrogen and oxygen atoms in total. The standard InChI is InChI=1S/C13H16BrClO3S/c1-9-2-4-10(5-3-9)18-13-7-6-11(8-12(13)14)19(15,16)17/h6-10H,2-5H2,1H3. The lowest BCUT2D eigenvalue weighted by atomic mass is 9.89. The highest BCUT2D eigenvalue weighted by molar-refractivity contribution is 9.10. The van der Waals surface area contributed by atoms with Crippen molar-refractivity contribution in [2.75, 3.05) is 0 Å². The predicted molar refractivity (Wildman–Crippen MR) is 79.2 cm³/mol. The SMILES string of the molecule is CC1CCC(Oc2ccc(S(=O)(=O)Cl)cc2Br)CC1. The van der Waals surface area contributed by atoms with Crippen LogP contribution in [0.2, 0.25) is 0 Å². The first-order valence-corrected chi connectivity index (χ1v) is 9.37. The van der Waals surface area contributed by atoms with E-state index in [2.05, 4.69) is 22.9 Å². The van der Waals surface area contributed by atoms with Crippen LogP contribution in [-0.4, -0.2) is 14.5 Å². The topological polar surface area (TPSA) is 43.4 Å². The molecule has 1 aliphatic carbocycles. The Balaban J connectivity index is 2.09.